The SMILES string of the molecule is CC(F)(F)c1ccc2sc(C(=O)N[C@H]3CC[C@@H](O)C[C@H]4CC[C@@H](C(=O)N[C@@H](CCC(N)=O)C(=O)CC(c5ccccc5)c5ccccc5)N4C3=O)cc2c1. The Hall–Kier alpha value is -5.01. The molecule has 5 N–H and O–H groups in total. The number of benzene rings is 3. The van der Waals surface area contributed by atoms with Gasteiger partial charge in [-0.15, -0.1) is 11.3 Å². The molecule has 0 spiro atoms. The van der Waals surface area contributed by atoms with E-state index in [0.29, 0.717) is 16.5 Å². The van der Waals surface area contributed by atoms with Gasteiger partial charge in [-0.1, -0.05) is 66.7 Å². The third-order valence-electron chi connectivity index (χ3n) is 10.4. The fourth-order valence-corrected chi connectivity index (χ4v) is 8.55. The van der Waals surface area contributed by atoms with E-state index in [1.54, 1.807) is 0 Å². The van der Waals surface area contributed by atoms with E-state index >= 15 is 0 Å². The lowest BCUT2D eigenvalue weighted by Crippen LogP contribution is -2.58. The zero-order valence-electron chi connectivity index (χ0n) is 29.9. The lowest BCUT2D eigenvalue weighted by Gasteiger charge is -2.36. The van der Waals surface area contributed by atoms with Crippen molar-refractivity contribution in [2.75, 3.05) is 0 Å². The molecule has 1 aromatic heterocycles. The van der Waals surface area contributed by atoms with Gasteiger partial charge in [-0.3, -0.25) is 24.0 Å². The molecule has 284 valence electrons. The quantitative estimate of drug-likeness (QED) is 0.140. The summed E-state index contributed by atoms with van der Waals surface area (Å²) >= 11 is 1.11. The van der Waals surface area contributed by atoms with Gasteiger partial charge < -0.3 is 26.4 Å². The molecule has 2 aliphatic rings. The van der Waals surface area contributed by atoms with Crippen LogP contribution < -0.4 is 16.4 Å². The second-order valence-electron chi connectivity index (χ2n) is 14.3. The van der Waals surface area contributed by atoms with Crippen molar-refractivity contribution in [1.29, 1.82) is 0 Å². The molecule has 0 bridgehead atoms. The number of aliphatic hydroxyl groups excluding tert-OH is 1. The summed E-state index contributed by atoms with van der Waals surface area (Å²) < 4.78 is 28.5. The minimum absolute atomic E-state index is 0.0236. The topological polar surface area (TPSA) is 159 Å². The maximum absolute atomic E-state index is 14.2. The minimum atomic E-state index is -3.05. The van der Waals surface area contributed by atoms with Crippen LogP contribution in [0, 0.1) is 0 Å². The van der Waals surface area contributed by atoms with Crippen LogP contribution in [0.2, 0.25) is 0 Å². The van der Waals surface area contributed by atoms with Crippen LogP contribution in [0.4, 0.5) is 8.78 Å². The number of hydrogen-bond donors (Lipinski definition) is 4. The largest absolute Gasteiger partial charge is 0.393 e. The van der Waals surface area contributed by atoms with Crippen LogP contribution in [0.5, 0.6) is 0 Å². The summed E-state index contributed by atoms with van der Waals surface area (Å²) in [5.74, 6) is -5.93. The molecule has 2 fully saturated rings. The number of carbonyl (C=O) groups excluding carboxylic acids is 5. The normalized spacial score (nSPS) is 20.9. The van der Waals surface area contributed by atoms with Crippen molar-refractivity contribution in [3.05, 3.63) is 106 Å². The molecule has 3 heterocycles. The highest BCUT2D eigenvalue weighted by Crippen LogP contribution is 2.35. The standard InChI is InChI=1S/C41H44F2N4O6S/c1-41(42,43)27-12-18-35-26(20-27)21-36(54-35)39(52)46-32-15-14-29(48)22-28-13-17-33(47(28)40(32)53)38(51)45-31(16-19-37(44)50)34(49)23-30(24-8-4-2-5-9-24)25-10-6-3-7-11-25/h2-12,18,20-21,28-33,48H,13-17,19,22-23H2,1H3,(H2,44,50)(H,45,51)(H,46,52)/t28-,29-,31+,32+,33+/m1/s1. The van der Waals surface area contributed by atoms with Gasteiger partial charge in [0.1, 0.15) is 12.1 Å². The number of fused-ring (bicyclic) bond motifs is 2. The van der Waals surface area contributed by atoms with Crippen molar-refractivity contribution in [3.8, 4) is 0 Å². The minimum Gasteiger partial charge on any atom is -0.393 e. The third-order valence-corrected chi connectivity index (χ3v) is 11.6. The van der Waals surface area contributed by atoms with E-state index in [1.165, 1.54) is 29.2 Å². The second kappa shape index (κ2) is 16.6. The molecule has 4 amide bonds. The van der Waals surface area contributed by atoms with Crippen LogP contribution in [0.1, 0.15) is 90.6 Å². The van der Waals surface area contributed by atoms with E-state index in [1.807, 2.05) is 60.7 Å². The number of rotatable bonds is 13. The van der Waals surface area contributed by atoms with E-state index < -0.39 is 59.8 Å². The van der Waals surface area contributed by atoms with Crippen LogP contribution in [-0.4, -0.2) is 69.7 Å². The average Bonchev–Trinajstić information content (AvgIpc) is 3.77. The monoisotopic (exact) mass is 758 g/mol. The lowest BCUT2D eigenvalue weighted by atomic mass is 9.85. The zero-order chi connectivity index (χ0) is 38.6. The number of aliphatic hydroxyl groups is 1. The Morgan fingerprint density at radius 2 is 1.61 bits per heavy atom. The van der Waals surface area contributed by atoms with Crippen LogP contribution in [0.15, 0.2) is 84.9 Å². The van der Waals surface area contributed by atoms with Gasteiger partial charge in [0.25, 0.3) is 11.8 Å². The Bertz CT molecular complexity index is 1960. The molecule has 0 aliphatic carbocycles. The van der Waals surface area contributed by atoms with E-state index in [-0.39, 0.29) is 67.1 Å². The molecule has 0 saturated carbocycles. The Morgan fingerprint density at radius 3 is 2.24 bits per heavy atom. The first kappa shape index (κ1) is 38.7. The van der Waals surface area contributed by atoms with Gasteiger partial charge in [-0.2, -0.15) is 0 Å². The first-order valence-corrected chi connectivity index (χ1v) is 19.0. The Morgan fingerprint density at radius 1 is 0.944 bits per heavy atom. The molecule has 2 aliphatic heterocycles. The number of nitrogens with two attached hydrogens (primary N) is 1. The fourth-order valence-electron chi connectivity index (χ4n) is 7.60. The number of carbonyl (C=O) groups is 5. The van der Waals surface area contributed by atoms with E-state index in [9.17, 15) is 37.9 Å². The lowest BCUT2D eigenvalue weighted by molar-refractivity contribution is -0.144. The molecule has 3 aromatic carbocycles. The third kappa shape index (κ3) is 9.02. The predicted octanol–water partition coefficient (Wildman–Crippen LogP) is 5.56. The van der Waals surface area contributed by atoms with Gasteiger partial charge in [-0.25, -0.2) is 8.78 Å². The molecular formula is C41H44F2N4O6S. The summed E-state index contributed by atoms with van der Waals surface area (Å²) in [5.41, 5.74) is 7.11. The molecule has 2 saturated heterocycles. The van der Waals surface area contributed by atoms with Crippen molar-refractivity contribution in [2.24, 2.45) is 5.73 Å². The van der Waals surface area contributed by atoms with Crippen molar-refractivity contribution < 1.29 is 37.9 Å². The molecule has 54 heavy (non-hydrogen) atoms. The molecule has 6 rings (SSSR count). The maximum Gasteiger partial charge on any atom is 0.270 e. The summed E-state index contributed by atoms with van der Waals surface area (Å²) in [6.45, 7) is 0.800. The molecule has 10 nitrogen and oxygen atoms in total. The van der Waals surface area contributed by atoms with Gasteiger partial charge in [0.2, 0.25) is 17.7 Å². The molecule has 0 radical (unpaired) electrons. The summed E-state index contributed by atoms with van der Waals surface area (Å²) in [7, 11) is 0. The first-order valence-electron chi connectivity index (χ1n) is 18.2. The summed E-state index contributed by atoms with van der Waals surface area (Å²) in [6.07, 6.45) is 0.370. The summed E-state index contributed by atoms with van der Waals surface area (Å²) in [6, 6.07) is 21.1. The van der Waals surface area contributed by atoms with E-state index in [0.717, 1.165) is 29.4 Å². The molecule has 4 aromatic rings. The van der Waals surface area contributed by atoms with Crippen molar-refractivity contribution >= 4 is 50.8 Å². The fraction of sp³-hybridized carbons (Fsp3) is 0.390. The Kier molecular flexibility index (Phi) is 11.9. The van der Waals surface area contributed by atoms with Crippen LogP contribution >= 0.6 is 11.3 Å². The number of alkyl halides is 2. The van der Waals surface area contributed by atoms with Gasteiger partial charge in [0, 0.05) is 42.0 Å². The average molecular weight is 759 g/mol. The highest BCUT2D eigenvalue weighted by atomic mass is 32.1. The van der Waals surface area contributed by atoms with Crippen molar-refractivity contribution in [1.82, 2.24) is 15.5 Å². The number of Topliss-reactive ketones (excluding diaryl/α,β-unsaturated/α-hetero) is 1. The molecule has 5 atom stereocenters. The molecule has 0 unspecified atom stereocenters. The number of hydrogen-bond acceptors (Lipinski definition) is 7. The van der Waals surface area contributed by atoms with Gasteiger partial charge in [-0.05, 0) is 73.2 Å². The summed E-state index contributed by atoms with van der Waals surface area (Å²) in [4.78, 5) is 69.4. The van der Waals surface area contributed by atoms with E-state index in [2.05, 4.69) is 10.6 Å². The highest BCUT2D eigenvalue weighted by molar-refractivity contribution is 7.20. The predicted molar refractivity (Wildman–Crippen MR) is 201 cm³/mol. The van der Waals surface area contributed by atoms with Gasteiger partial charge in [0.15, 0.2) is 5.78 Å². The number of ketones is 1. The zero-order valence-corrected chi connectivity index (χ0v) is 30.7. The smallest absolute Gasteiger partial charge is 0.270 e. The Labute approximate surface area is 316 Å². The van der Waals surface area contributed by atoms with Crippen LogP contribution in [0.25, 0.3) is 10.1 Å². The molecular weight excluding hydrogens is 715 g/mol. The number of halogens is 2. The van der Waals surface area contributed by atoms with Crippen LogP contribution in [0.3, 0.4) is 0 Å². The van der Waals surface area contributed by atoms with E-state index in [4.69, 9.17) is 5.73 Å². The first-order chi connectivity index (χ1) is 25.8. The Balaban J connectivity index is 1.20. The van der Waals surface area contributed by atoms with Gasteiger partial charge >= 0.3 is 0 Å². The number of amides is 4. The van der Waals surface area contributed by atoms with Gasteiger partial charge in [0.05, 0.1) is 17.0 Å². The number of thiophene rings is 1. The number of nitrogens with one attached hydrogen (secondary N) is 2. The molecule has 13 heteroatoms. The van der Waals surface area contributed by atoms with Crippen molar-refractivity contribution in [2.45, 2.75) is 100 Å². The second-order valence-corrected chi connectivity index (χ2v) is 15.4. The maximum atomic E-state index is 14.2. The highest BCUT2D eigenvalue weighted by Gasteiger charge is 2.46. The summed E-state index contributed by atoms with van der Waals surface area (Å²) in [5, 5.41) is 16.9. The number of nitrogens with zero attached hydrogens (tertiary/aromatic N) is 1. The number of primary amides is 1. The van der Waals surface area contributed by atoms with Crippen molar-refractivity contribution in [3.63, 3.8) is 0 Å². The van der Waals surface area contributed by atoms with Crippen LogP contribution in [-0.2, 0) is 25.1 Å².